The van der Waals surface area contributed by atoms with Crippen molar-refractivity contribution >= 4 is 17.1 Å². The summed E-state index contributed by atoms with van der Waals surface area (Å²) in [4.78, 5) is 31.6. The van der Waals surface area contributed by atoms with E-state index in [0.717, 1.165) is 27.8 Å². The number of nitrogens with zero attached hydrogens (tertiary/aromatic N) is 1. The first-order chi connectivity index (χ1) is 18.2. The van der Waals surface area contributed by atoms with Crippen LogP contribution in [-0.2, 0) is 20.4 Å². The molecule has 0 amide bonds. The number of hydrogen-bond donors (Lipinski definition) is 1. The summed E-state index contributed by atoms with van der Waals surface area (Å²) in [7, 11) is 1.31. The largest absolute Gasteiger partial charge is 0.507 e. The molecule has 2 atom stereocenters. The standard InChI is InChI=1S/C33H37NO5/c1-19-14-15-24-25(16-19)39-31(37)28(34-24)27(30(36)38-8)26(20-12-10-9-11-13-20)21-17-22(32(2,3)4)29(35)23(18-21)33(5,6)7/h9-18,26-27,35H,1-8H3. The number of phenols is 1. The minimum absolute atomic E-state index is 0.0188. The number of hydrogen-bond acceptors (Lipinski definition) is 6. The number of carbonyl (C=O) groups excluding carboxylic acids is 1. The summed E-state index contributed by atoms with van der Waals surface area (Å²) < 4.78 is 11.0. The molecule has 0 aliphatic heterocycles. The lowest BCUT2D eigenvalue weighted by atomic mass is 9.73. The fourth-order valence-electron chi connectivity index (χ4n) is 5.07. The van der Waals surface area contributed by atoms with E-state index < -0.39 is 23.4 Å². The number of carbonyl (C=O) groups is 1. The highest BCUT2D eigenvalue weighted by atomic mass is 16.5. The molecular formula is C33H37NO5. The van der Waals surface area contributed by atoms with Gasteiger partial charge >= 0.3 is 11.6 Å². The normalized spacial score (nSPS) is 13.7. The van der Waals surface area contributed by atoms with Gasteiger partial charge in [-0.05, 0) is 57.7 Å². The minimum atomic E-state index is -1.09. The van der Waals surface area contributed by atoms with Crippen LogP contribution in [0, 0.1) is 6.92 Å². The first kappa shape index (κ1) is 28.1. The van der Waals surface area contributed by atoms with Gasteiger partial charge in [-0.15, -0.1) is 0 Å². The topological polar surface area (TPSA) is 89.6 Å². The Balaban J connectivity index is 2.09. The summed E-state index contributed by atoms with van der Waals surface area (Å²) in [6.45, 7) is 14.1. The highest BCUT2D eigenvalue weighted by molar-refractivity contribution is 5.81. The van der Waals surface area contributed by atoms with E-state index in [1.807, 2.05) is 97.0 Å². The third kappa shape index (κ3) is 5.60. The number of esters is 1. The van der Waals surface area contributed by atoms with Crippen molar-refractivity contribution in [1.82, 2.24) is 4.98 Å². The van der Waals surface area contributed by atoms with Crippen molar-refractivity contribution in [3.05, 3.63) is 105 Å². The molecule has 204 valence electrons. The SMILES string of the molecule is COC(=O)C(c1nc2ccc(C)cc2oc1=O)C(c1ccccc1)c1cc(C(C)(C)C)c(O)c(C(C)(C)C)c1. The lowest BCUT2D eigenvalue weighted by molar-refractivity contribution is -0.143. The Morgan fingerprint density at radius 2 is 1.49 bits per heavy atom. The monoisotopic (exact) mass is 527 g/mol. The Kier molecular flexibility index (Phi) is 7.44. The smallest absolute Gasteiger partial charge is 0.359 e. The quantitative estimate of drug-likeness (QED) is 0.284. The van der Waals surface area contributed by atoms with Gasteiger partial charge in [-0.25, -0.2) is 9.78 Å². The summed E-state index contributed by atoms with van der Waals surface area (Å²) in [5, 5.41) is 11.4. The van der Waals surface area contributed by atoms with E-state index >= 15 is 0 Å². The summed E-state index contributed by atoms with van der Waals surface area (Å²) in [5.41, 5.74) is 3.38. The molecule has 0 bridgehead atoms. The van der Waals surface area contributed by atoms with Gasteiger partial charge in [0.25, 0.3) is 0 Å². The Hall–Kier alpha value is -3.93. The van der Waals surface area contributed by atoms with E-state index in [0.29, 0.717) is 11.1 Å². The maximum Gasteiger partial charge on any atom is 0.359 e. The second kappa shape index (κ2) is 10.3. The average molecular weight is 528 g/mol. The van der Waals surface area contributed by atoms with Crippen molar-refractivity contribution in [2.75, 3.05) is 7.11 Å². The van der Waals surface area contributed by atoms with E-state index in [1.165, 1.54) is 7.11 Å². The Bertz CT molecular complexity index is 1540. The molecule has 6 nitrogen and oxygen atoms in total. The number of benzene rings is 3. The van der Waals surface area contributed by atoms with Crippen molar-refractivity contribution in [1.29, 1.82) is 0 Å². The zero-order chi connectivity index (χ0) is 28.7. The third-order valence-electron chi connectivity index (χ3n) is 7.12. The maximum absolute atomic E-state index is 13.6. The molecule has 0 saturated carbocycles. The second-order valence-electron chi connectivity index (χ2n) is 12.2. The second-order valence-corrected chi connectivity index (χ2v) is 12.2. The van der Waals surface area contributed by atoms with Crippen LogP contribution < -0.4 is 5.63 Å². The number of aromatic nitrogens is 1. The van der Waals surface area contributed by atoms with Crippen LogP contribution in [0.2, 0.25) is 0 Å². The van der Waals surface area contributed by atoms with Crippen LogP contribution in [-0.4, -0.2) is 23.2 Å². The van der Waals surface area contributed by atoms with E-state index in [9.17, 15) is 14.7 Å². The van der Waals surface area contributed by atoms with E-state index in [-0.39, 0.29) is 22.3 Å². The molecule has 0 radical (unpaired) electrons. The maximum atomic E-state index is 13.6. The van der Waals surface area contributed by atoms with Crippen molar-refractivity contribution in [2.45, 2.75) is 71.1 Å². The zero-order valence-corrected chi connectivity index (χ0v) is 24.0. The number of phenolic OH excluding ortho intramolecular Hbond substituents is 1. The lowest BCUT2D eigenvalue weighted by Crippen LogP contribution is -2.29. The predicted molar refractivity (Wildman–Crippen MR) is 154 cm³/mol. The van der Waals surface area contributed by atoms with Crippen LogP contribution in [0.3, 0.4) is 0 Å². The average Bonchev–Trinajstić information content (AvgIpc) is 2.86. The molecule has 0 fully saturated rings. The van der Waals surface area contributed by atoms with E-state index in [1.54, 1.807) is 12.1 Å². The van der Waals surface area contributed by atoms with Gasteiger partial charge in [-0.2, -0.15) is 0 Å². The lowest BCUT2D eigenvalue weighted by Gasteiger charge is -2.32. The van der Waals surface area contributed by atoms with Crippen LogP contribution in [0.25, 0.3) is 11.1 Å². The summed E-state index contributed by atoms with van der Waals surface area (Å²) in [5.74, 6) is -2.10. The molecule has 1 heterocycles. The number of rotatable bonds is 5. The molecule has 1 N–H and O–H groups in total. The number of aromatic hydroxyl groups is 1. The molecule has 4 rings (SSSR count). The molecule has 0 aliphatic carbocycles. The number of fused-ring (bicyclic) bond motifs is 1. The molecule has 0 aliphatic rings. The van der Waals surface area contributed by atoms with Gasteiger partial charge in [0.15, 0.2) is 5.58 Å². The Morgan fingerprint density at radius 3 is 2.03 bits per heavy atom. The summed E-state index contributed by atoms with van der Waals surface area (Å²) >= 11 is 0. The first-order valence-corrected chi connectivity index (χ1v) is 13.1. The van der Waals surface area contributed by atoms with Crippen molar-refractivity contribution < 1.29 is 19.1 Å². The van der Waals surface area contributed by atoms with Gasteiger partial charge in [0.2, 0.25) is 0 Å². The Morgan fingerprint density at radius 1 is 0.897 bits per heavy atom. The first-order valence-electron chi connectivity index (χ1n) is 13.1. The molecule has 2 unspecified atom stereocenters. The minimum Gasteiger partial charge on any atom is -0.507 e. The van der Waals surface area contributed by atoms with Gasteiger partial charge < -0.3 is 14.3 Å². The van der Waals surface area contributed by atoms with Gasteiger partial charge in [-0.1, -0.05) is 90.1 Å². The third-order valence-corrected chi connectivity index (χ3v) is 7.12. The van der Waals surface area contributed by atoms with Gasteiger partial charge in [-0.3, -0.25) is 4.79 Å². The molecule has 4 aromatic rings. The van der Waals surface area contributed by atoms with Crippen molar-refractivity contribution in [3.8, 4) is 5.75 Å². The number of methoxy groups -OCH3 is 1. The summed E-state index contributed by atoms with van der Waals surface area (Å²) in [6, 6.07) is 18.8. The van der Waals surface area contributed by atoms with Crippen LogP contribution >= 0.6 is 0 Å². The van der Waals surface area contributed by atoms with Crippen LogP contribution in [0.5, 0.6) is 5.75 Å². The molecule has 0 spiro atoms. The van der Waals surface area contributed by atoms with Gasteiger partial charge in [0.05, 0.1) is 7.11 Å². The van der Waals surface area contributed by atoms with Crippen molar-refractivity contribution in [2.24, 2.45) is 0 Å². The van der Waals surface area contributed by atoms with Crippen LogP contribution in [0.15, 0.2) is 69.9 Å². The van der Waals surface area contributed by atoms with Gasteiger partial charge in [0, 0.05) is 5.92 Å². The highest BCUT2D eigenvalue weighted by Gasteiger charge is 2.39. The molecular weight excluding hydrogens is 490 g/mol. The molecule has 39 heavy (non-hydrogen) atoms. The molecule has 3 aromatic carbocycles. The molecule has 0 saturated heterocycles. The molecule has 1 aromatic heterocycles. The predicted octanol–water partition coefficient (Wildman–Crippen LogP) is 6.89. The number of ether oxygens (including phenoxy) is 1. The highest BCUT2D eigenvalue weighted by Crippen LogP contribution is 2.45. The Labute approximate surface area is 229 Å². The van der Waals surface area contributed by atoms with Gasteiger partial charge in [0.1, 0.15) is 22.9 Å². The van der Waals surface area contributed by atoms with Crippen LogP contribution in [0.1, 0.15) is 86.9 Å². The fourth-order valence-corrected chi connectivity index (χ4v) is 5.07. The fraction of sp³-hybridized carbons (Fsp3) is 0.364. The van der Waals surface area contributed by atoms with E-state index in [2.05, 4.69) is 4.98 Å². The number of aryl methyl sites for hydroxylation is 1. The van der Waals surface area contributed by atoms with Crippen LogP contribution in [0.4, 0.5) is 0 Å². The zero-order valence-electron chi connectivity index (χ0n) is 24.0. The van der Waals surface area contributed by atoms with E-state index in [4.69, 9.17) is 9.15 Å². The molecule has 6 heteroatoms. The van der Waals surface area contributed by atoms with Crippen molar-refractivity contribution in [3.63, 3.8) is 0 Å². The summed E-state index contributed by atoms with van der Waals surface area (Å²) in [6.07, 6.45) is 0.